The largest absolute Gasteiger partial charge is 0.316 e. The second kappa shape index (κ2) is 6.00. The molecule has 2 heterocycles. The van der Waals surface area contributed by atoms with Gasteiger partial charge in [0.1, 0.15) is 4.21 Å². The van der Waals surface area contributed by atoms with Gasteiger partial charge in [-0.1, -0.05) is 0 Å². The van der Waals surface area contributed by atoms with Crippen molar-refractivity contribution in [2.75, 3.05) is 13.1 Å². The molecule has 2 unspecified atom stereocenters. The van der Waals surface area contributed by atoms with Gasteiger partial charge in [-0.05, 0) is 66.8 Å². The Labute approximate surface area is 120 Å². The van der Waals surface area contributed by atoms with Crippen LogP contribution in [0.1, 0.15) is 19.8 Å². The molecule has 1 saturated heterocycles. The summed E-state index contributed by atoms with van der Waals surface area (Å²) in [6.07, 6.45) is 2.19. The molecule has 1 aromatic heterocycles. The number of hydrogen-bond acceptors (Lipinski definition) is 4. The zero-order valence-corrected chi connectivity index (χ0v) is 13.4. The van der Waals surface area contributed by atoms with Crippen molar-refractivity contribution in [1.29, 1.82) is 0 Å². The fraction of sp³-hybridized carbons (Fsp3) is 0.636. The van der Waals surface area contributed by atoms with Gasteiger partial charge in [-0.2, -0.15) is 0 Å². The van der Waals surface area contributed by atoms with Gasteiger partial charge >= 0.3 is 0 Å². The summed E-state index contributed by atoms with van der Waals surface area (Å²) in [4.78, 5) is 0. The third-order valence-electron chi connectivity index (χ3n) is 3.20. The minimum atomic E-state index is -3.38. The number of hydrogen-bond donors (Lipinski definition) is 2. The minimum Gasteiger partial charge on any atom is -0.316 e. The Morgan fingerprint density at radius 2 is 2.33 bits per heavy atom. The normalized spacial score (nSPS) is 22.9. The summed E-state index contributed by atoms with van der Waals surface area (Å²) in [5, 5.41) is 3.31. The lowest BCUT2D eigenvalue weighted by atomic mass is 9.94. The summed E-state index contributed by atoms with van der Waals surface area (Å²) < 4.78 is 28.3. The van der Waals surface area contributed by atoms with Crippen LogP contribution in [0.25, 0.3) is 0 Å². The van der Waals surface area contributed by atoms with E-state index in [2.05, 4.69) is 26.0 Å². The number of thiophene rings is 1. The molecule has 1 aliphatic rings. The quantitative estimate of drug-likeness (QED) is 0.872. The van der Waals surface area contributed by atoms with Crippen molar-refractivity contribution in [1.82, 2.24) is 10.0 Å². The first kappa shape index (κ1) is 14.5. The van der Waals surface area contributed by atoms with Crippen LogP contribution in [0, 0.1) is 5.92 Å². The minimum absolute atomic E-state index is 0.0383. The predicted octanol–water partition coefficient (Wildman–Crippen LogP) is 2.18. The zero-order chi connectivity index (χ0) is 13.2. The molecule has 0 saturated carbocycles. The fourth-order valence-corrected chi connectivity index (χ4v) is 5.49. The standard InChI is InChI=1S/C11H17BrN2O2S2/c1-8(9-3-2-6-13-7-9)14-18(15,16)11-5-4-10(12)17-11/h4-5,8-9,13-14H,2-3,6-7H2,1H3. The van der Waals surface area contributed by atoms with Crippen molar-refractivity contribution in [2.24, 2.45) is 5.92 Å². The second-order valence-electron chi connectivity index (χ2n) is 4.57. The molecule has 7 heteroatoms. The van der Waals surface area contributed by atoms with Gasteiger partial charge in [0.25, 0.3) is 0 Å². The lowest BCUT2D eigenvalue weighted by Crippen LogP contribution is -2.44. The van der Waals surface area contributed by atoms with Crippen LogP contribution in [0.2, 0.25) is 0 Å². The first-order valence-corrected chi connectivity index (χ1v) is 9.07. The van der Waals surface area contributed by atoms with Crippen molar-refractivity contribution in [3.05, 3.63) is 15.9 Å². The maximum atomic E-state index is 12.2. The highest BCUT2D eigenvalue weighted by molar-refractivity contribution is 9.11. The summed E-state index contributed by atoms with van der Waals surface area (Å²) in [7, 11) is -3.38. The number of rotatable bonds is 4. The van der Waals surface area contributed by atoms with Crippen molar-refractivity contribution in [3.8, 4) is 0 Å². The van der Waals surface area contributed by atoms with Crippen molar-refractivity contribution in [3.63, 3.8) is 0 Å². The SMILES string of the molecule is CC(NS(=O)(=O)c1ccc(Br)s1)C1CCCNC1. The smallest absolute Gasteiger partial charge is 0.250 e. The summed E-state index contributed by atoms with van der Waals surface area (Å²) in [6.45, 7) is 3.86. The van der Waals surface area contributed by atoms with Crippen LogP contribution in [-0.2, 0) is 10.0 Å². The molecule has 1 aliphatic heterocycles. The fourth-order valence-electron chi connectivity index (χ4n) is 2.15. The Morgan fingerprint density at radius 3 is 2.89 bits per heavy atom. The Bertz CT molecular complexity index is 495. The highest BCUT2D eigenvalue weighted by Gasteiger charge is 2.25. The van der Waals surface area contributed by atoms with Gasteiger partial charge in [-0.3, -0.25) is 0 Å². The van der Waals surface area contributed by atoms with Gasteiger partial charge in [-0.25, -0.2) is 13.1 Å². The van der Waals surface area contributed by atoms with Crippen molar-refractivity contribution >= 4 is 37.3 Å². The molecule has 0 bridgehead atoms. The van der Waals surface area contributed by atoms with E-state index in [1.165, 1.54) is 11.3 Å². The Balaban J connectivity index is 2.03. The monoisotopic (exact) mass is 352 g/mol. The van der Waals surface area contributed by atoms with Crippen LogP contribution >= 0.6 is 27.3 Å². The molecule has 0 aromatic carbocycles. The van der Waals surface area contributed by atoms with Crippen LogP contribution < -0.4 is 10.0 Å². The molecule has 4 nitrogen and oxygen atoms in total. The molecule has 1 aromatic rings. The highest BCUT2D eigenvalue weighted by Crippen LogP contribution is 2.26. The Kier molecular flexibility index (Phi) is 4.82. The van der Waals surface area contributed by atoms with E-state index in [9.17, 15) is 8.42 Å². The van der Waals surface area contributed by atoms with Crippen molar-refractivity contribution < 1.29 is 8.42 Å². The molecule has 0 aliphatic carbocycles. The molecule has 2 N–H and O–H groups in total. The third kappa shape index (κ3) is 3.54. The molecule has 0 radical (unpaired) electrons. The molecule has 2 atom stereocenters. The summed E-state index contributed by atoms with van der Waals surface area (Å²) in [5.74, 6) is 0.372. The molecule has 2 rings (SSSR count). The number of piperidine rings is 1. The van der Waals surface area contributed by atoms with Gasteiger partial charge < -0.3 is 5.32 Å². The summed E-state index contributed by atoms with van der Waals surface area (Å²) >= 11 is 4.52. The number of halogens is 1. The van der Waals surface area contributed by atoms with Gasteiger partial charge in [0.05, 0.1) is 3.79 Å². The predicted molar refractivity (Wildman–Crippen MR) is 77.4 cm³/mol. The summed E-state index contributed by atoms with van der Waals surface area (Å²) in [6, 6.07) is 3.35. The van der Waals surface area contributed by atoms with E-state index in [0.717, 1.165) is 29.7 Å². The Morgan fingerprint density at radius 1 is 1.56 bits per heavy atom. The van der Waals surface area contributed by atoms with E-state index in [1.54, 1.807) is 12.1 Å². The van der Waals surface area contributed by atoms with Crippen LogP contribution in [0.4, 0.5) is 0 Å². The van der Waals surface area contributed by atoms with Gasteiger partial charge in [0.15, 0.2) is 0 Å². The number of nitrogens with one attached hydrogen (secondary N) is 2. The van der Waals surface area contributed by atoms with E-state index >= 15 is 0 Å². The van der Waals surface area contributed by atoms with Gasteiger partial charge in [0.2, 0.25) is 10.0 Å². The Hall–Kier alpha value is 0.0500. The third-order valence-corrected chi connectivity index (χ3v) is 6.87. The van der Waals surface area contributed by atoms with E-state index < -0.39 is 10.0 Å². The van der Waals surface area contributed by atoms with Crippen LogP contribution in [-0.4, -0.2) is 27.5 Å². The van der Waals surface area contributed by atoms with Gasteiger partial charge in [0, 0.05) is 6.04 Å². The first-order valence-electron chi connectivity index (χ1n) is 5.97. The molecular formula is C11H17BrN2O2S2. The lowest BCUT2D eigenvalue weighted by Gasteiger charge is -2.28. The maximum absolute atomic E-state index is 12.2. The van der Waals surface area contributed by atoms with Crippen LogP contribution in [0.3, 0.4) is 0 Å². The van der Waals surface area contributed by atoms with E-state index in [1.807, 2.05) is 6.92 Å². The van der Waals surface area contributed by atoms with E-state index in [-0.39, 0.29) is 6.04 Å². The molecule has 0 spiro atoms. The molecular weight excluding hydrogens is 336 g/mol. The molecule has 18 heavy (non-hydrogen) atoms. The molecule has 0 amide bonds. The van der Waals surface area contributed by atoms with E-state index in [4.69, 9.17) is 0 Å². The second-order valence-corrected chi connectivity index (χ2v) is 8.98. The first-order chi connectivity index (χ1) is 8.49. The summed E-state index contributed by atoms with van der Waals surface area (Å²) in [5.41, 5.74) is 0. The average Bonchev–Trinajstić information content (AvgIpc) is 2.77. The van der Waals surface area contributed by atoms with Gasteiger partial charge in [-0.15, -0.1) is 11.3 Å². The number of sulfonamides is 1. The zero-order valence-electron chi connectivity index (χ0n) is 10.1. The maximum Gasteiger partial charge on any atom is 0.250 e. The topological polar surface area (TPSA) is 58.2 Å². The highest BCUT2D eigenvalue weighted by atomic mass is 79.9. The molecule has 1 fully saturated rings. The van der Waals surface area contributed by atoms with E-state index in [0.29, 0.717) is 10.1 Å². The van der Waals surface area contributed by atoms with Crippen LogP contribution in [0.5, 0.6) is 0 Å². The van der Waals surface area contributed by atoms with Crippen molar-refractivity contribution in [2.45, 2.75) is 30.0 Å². The van der Waals surface area contributed by atoms with Crippen LogP contribution in [0.15, 0.2) is 20.1 Å². The molecule has 102 valence electrons. The lowest BCUT2D eigenvalue weighted by molar-refractivity contribution is 0.320. The average molecular weight is 353 g/mol.